The Bertz CT molecular complexity index is 132. The molecule has 0 aromatic heterocycles. The fourth-order valence-electron chi connectivity index (χ4n) is 1.03. The molecule has 0 aromatic rings. The van der Waals surface area contributed by atoms with E-state index in [0.717, 1.165) is 0 Å². The average molecular weight is 236 g/mol. The predicted molar refractivity (Wildman–Crippen MR) is 60.6 cm³/mol. The molecule has 0 aliphatic carbocycles. The van der Waals surface area contributed by atoms with E-state index < -0.39 is 0 Å². The minimum atomic E-state index is 0.0536. The molecule has 0 rings (SSSR count). The Balaban J connectivity index is 3.02. The SMILES string of the molecule is CCOCC(C)OCCOCCOCCO. The number of aliphatic hydroxyl groups excluding tert-OH is 1. The lowest BCUT2D eigenvalue weighted by atomic mass is 10.4. The first-order chi connectivity index (χ1) is 7.81. The quantitative estimate of drug-likeness (QED) is 0.499. The minimum absolute atomic E-state index is 0.0536. The monoisotopic (exact) mass is 236 g/mol. The van der Waals surface area contributed by atoms with E-state index in [4.69, 9.17) is 24.1 Å². The highest BCUT2D eigenvalue weighted by Crippen LogP contribution is 1.92. The molecule has 5 heteroatoms. The van der Waals surface area contributed by atoms with Gasteiger partial charge in [-0.15, -0.1) is 0 Å². The molecule has 0 saturated heterocycles. The van der Waals surface area contributed by atoms with E-state index in [9.17, 15) is 0 Å². The van der Waals surface area contributed by atoms with E-state index in [0.29, 0.717) is 46.2 Å². The number of hydrogen-bond donors (Lipinski definition) is 1. The van der Waals surface area contributed by atoms with E-state index >= 15 is 0 Å². The molecule has 0 aliphatic rings. The third-order valence-corrected chi connectivity index (χ3v) is 1.79. The van der Waals surface area contributed by atoms with Gasteiger partial charge in [0.05, 0.1) is 52.4 Å². The van der Waals surface area contributed by atoms with Crippen molar-refractivity contribution >= 4 is 0 Å². The molecular formula is C11H24O5. The molecule has 0 bridgehead atoms. The van der Waals surface area contributed by atoms with Gasteiger partial charge in [-0.3, -0.25) is 0 Å². The Morgan fingerprint density at radius 1 is 0.938 bits per heavy atom. The van der Waals surface area contributed by atoms with Crippen molar-refractivity contribution in [1.82, 2.24) is 0 Å². The third kappa shape index (κ3) is 11.9. The van der Waals surface area contributed by atoms with Crippen LogP contribution >= 0.6 is 0 Å². The van der Waals surface area contributed by atoms with Gasteiger partial charge < -0.3 is 24.1 Å². The lowest BCUT2D eigenvalue weighted by molar-refractivity contribution is -0.0360. The average Bonchev–Trinajstić information content (AvgIpc) is 2.30. The highest BCUT2D eigenvalue weighted by molar-refractivity contribution is 4.46. The number of ether oxygens (including phenoxy) is 4. The van der Waals surface area contributed by atoms with Gasteiger partial charge >= 0.3 is 0 Å². The van der Waals surface area contributed by atoms with E-state index in [1.807, 2.05) is 13.8 Å². The van der Waals surface area contributed by atoms with E-state index in [-0.39, 0.29) is 12.7 Å². The van der Waals surface area contributed by atoms with Gasteiger partial charge in [0.25, 0.3) is 0 Å². The zero-order valence-electron chi connectivity index (χ0n) is 10.3. The van der Waals surface area contributed by atoms with Gasteiger partial charge in [-0.2, -0.15) is 0 Å². The normalized spacial score (nSPS) is 12.9. The highest BCUT2D eigenvalue weighted by atomic mass is 16.6. The van der Waals surface area contributed by atoms with E-state index in [2.05, 4.69) is 0 Å². The van der Waals surface area contributed by atoms with Crippen molar-refractivity contribution in [3.05, 3.63) is 0 Å². The van der Waals surface area contributed by atoms with Crippen molar-refractivity contribution in [3.63, 3.8) is 0 Å². The van der Waals surface area contributed by atoms with Gasteiger partial charge in [-0.1, -0.05) is 0 Å². The molecule has 0 radical (unpaired) electrons. The van der Waals surface area contributed by atoms with E-state index in [1.165, 1.54) is 0 Å². The van der Waals surface area contributed by atoms with Crippen LogP contribution in [-0.2, 0) is 18.9 Å². The first-order valence-corrected chi connectivity index (χ1v) is 5.77. The zero-order valence-corrected chi connectivity index (χ0v) is 10.3. The van der Waals surface area contributed by atoms with Crippen LogP contribution in [-0.4, -0.2) is 64.1 Å². The number of aliphatic hydroxyl groups is 1. The van der Waals surface area contributed by atoms with Crippen LogP contribution in [0.3, 0.4) is 0 Å². The summed E-state index contributed by atoms with van der Waals surface area (Å²) in [5, 5.41) is 8.44. The van der Waals surface area contributed by atoms with Crippen LogP contribution in [0.1, 0.15) is 13.8 Å². The molecule has 5 nitrogen and oxygen atoms in total. The maximum Gasteiger partial charge on any atom is 0.0781 e. The van der Waals surface area contributed by atoms with Crippen molar-refractivity contribution < 1.29 is 24.1 Å². The predicted octanol–water partition coefficient (Wildman–Crippen LogP) is 0.453. The molecule has 1 N–H and O–H groups in total. The van der Waals surface area contributed by atoms with Crippen molar-refractivity contribution in [2.45, 2.75) is 20.0 Å². The number of rotatable bonds is 12. The van der Waals surface area contributed by atoms with Crippen molar-refractivity contribution in [2.75, 3.05) is 52.9 Å². The summed E-state index contributed by atoms with van der Waals surface area (Å²) < 4.78 is 20.9. The Hall–Kier alpha value is -0.200. The second-order valence-corrected chi connectivity index (χ2v) is 3.29. The Morgan fingerprint density at radius 2 is 1.56 bits per heavy atom. The molecule has 0 spiro atoms. The molecule has 0 fully saturated rings. The van der Waals surface area contributed by atoms with Crippen molar-refractivity contribution in [2.24, 2.45) is 0 Å². The van der Waals surface area contributed by atoms with Gasteiger partial charge in [0.15, 0.2) is 0 Å². The summed E-state index contributed by atoms with van der Waals surface area (Å²) in [6, 6.07) is 0. The van der Waals surface area contributed by atoms with Crippen LogP contribution in [0.5, 0.6) is 0 Å². The van der Waals surface area contributed by atoms with Crippen LogP contribution in [0.15, 0.2) is 0 Å². The maximum atomic E-state index is 8.44. The molecule has 0 aromatic carbocycles. The molecule has 0 aliphatic heterocycles. The van der Waals surface area contributed by atoms with Gasteiger partial charge in [0.1, 0.15) is 0 Å². The zero-order chi connectivity index (χ0) is 12.1. The lowest BCUT2D eigenvalue weighted by Crippen LogP contribution is -2.19. The summed E-state index contributed by atoms with van der Waals surface area (Å²) in [5.41, 5.74) is 0. The molecule has 1 unspecified atom stereocenters. The van der Waals surface area contributed by atoms with Crippen LogP contribution in [0.4, 0.5) is 0 Å². The maximum absolute atomic E-state index is 8.44. The molecular weight excluding hydrogens is 212 g/mol. The molecule has 1 atom stereocenters. The summed E-state index contributed by atoms with van der Waals surface area (Å²) in [6.07, 6.45) is 0.106. The number of hydrogen-bond acceptors (Lipinski definition) is 5. The van der Waals surface area contributed by atoms with Crippen LogP contribution in [0, 0.1) is 0 Å². The molecule has 98 valence electrons. The molecule has 0 heterocycles. The first-order valence-electron chi connectivity index (χ1n) is 5.77. The minimum Gasteiger partial charge on any atom is -0.394 e. The second kappa shape index (κ2) is 12.9. The van der Waals surface area contributed by atoms with Crippen LogP contribution < -0.4 is 0 Å². The van der Waals surface area contributed by atoms with Gasteiger partial charge in [-0.05, 0) is 13.8 Å². The fourth-order valence-corrected chi connectivity index (χ4v) is 1.03. The molecule has 0 saturated carbocycles. The Kier molecular flexibility index (Phi) is 12.7. The topological polar surface area (TPSA) is 57.2 Å². The summed E-state index contributed by atoms with van der Waals surface area (Å²) in [4.78, 5) is 0. The van der Waals surface area contributed by atoms with Crippen LogP contribution in [0.2, 0.25) is 0 Å². The van der Waals surface area contributed by atoms with Gasteiger partial charge in [-0.25, -0.2) is 0 Å². The summed E-state index contributed by atoms with van der Waals surface area (Å²) >= 11 is 0. The second-order valence-electron chi connectivity index (χ2n) is 3.29. The summed E-state index contributed by atoms with van der Waals surface area (Å²) in [7, 11) is 0. The summed E-state index contributed by atoms with van der Waals surface area (Å²) in [6.45, 7) is 7.85. The Labute approximate surface area is 97.6 Å². The smallest absolute Gasteiger partial charge is 0.0781 e. The third-order valence-electron chi connectivity index (χ3n) is 1.79. The van der Waals surface area contributed by atoms with Gasteiger partial charge in [0, 0.05) is 6.61 Å². The van der Waals surface area contributed by atoms with Crippen molar-refractivity contribution in [3.8, 4) is 0 Å². The summed E-state index contributed by atoms with van der Waals surface area (Å²) in [5.74, 6) is 0. The van der Waals surface area contributed by atoms with Gasteiger partial charge in [0.2, 0.25) is 0 Å². The highest BCUT2D eigenvalue weighted by Gasteiger charge is 2.00. The largest absolute Gasteiger partial charge is 0.394 e. The molecule has 16 heavy (non-hydrogen) atoms. The standard InChI is InChI=1S/C11H24O5/c1-3-13-10-11(2)16-9-8-15-7-6-14-5-4-12/h11-12H,3-10H2,1-2H3. The Morgan fingerprint density at radius 3 is 2.19 bits per heavy atom. The van der Waals surface area contributed by atoms with E-state index in [1.54, 1.807) is 0 Å². The molecule has 0 amide bonds. The fraction of sp³-hybridized carbons (Fsp3) is 1.00. The first kappa shape index (κ1) is 15.8. The van der Waals surface area contributed by atoms with Crippen molar-refractivity contribution in [1.29, 1.82) is 0 Å². The van der Waals surface area contributed by atoms with Crippen LogP contribution in [0.25, 0.3) is 0 Å². The lowest BCUT2D eigenvalue weighted by Gasteiger charge is -2.12.